The Morgan fingerprint density at radius 2 is 1.83 bits per heavy atom. The molecule has 1 heterocycles. The Labute approximate surface area is 113 Å². The fourth-order valence-electron chi connectivity index (χ4n) is 2.38. The van der Waals surface area contributed by atoms with Gasteiger partial charge in [0.15, 0.2) is 0 Å². The van der Waals surface area contributed by atoms with Crippen molar-refractivity contribution in [2.24, 2.45) is 17.6 Å². The summed E-state index contributed by atoms with van der Waals surface area (Å²) in [6.07, 6.45) is 1.25. The molecule has 1 atom stereocenters. The van der Waals surface area contributed by atoms with E-state index in [-0.39, 0.29) is 0 Å². The molecule has 4 heteroatoms. The first-order valence-corrected chi connectivity index (χ1v) is 7.45. The van der Waals surface area contributed by atoms with E-state index in [1.165, 1.54) is 39.1 Å². The number of nitrogens with one attached hydrogen (secondary N) is 1. The Hall–Kier alpha value is -0.160. The van der Waals surface area contributed by atoms with E-state index in [1.807, 2.05) is 0 Å². The third-order valence-electron chi connectivity index (χ3n) is 4.08. The molecule has 0 aromatic rings. The van der Waals surface area contributed by atoms with Crippen LogP contribution in [0.5, 0.6) is 0 Å². The molecular formula is C14H32N4. The van der Waals surface area contributed by atoms with Crippen LogP contribution in [0, 0.1) is 11.8 Å². The largest absolute Gasteiger partial charge is 0.330 e. The summed E-state index contributed by atoms with van der Waals surface area (Å²) >= 11 is 0. The van der Waals surface area contributed by atoms with Gasteiger partial charge in [0.05, 0.1) is 0 Å². The number of hydrogen-bond donors (Lipinski definition) is 2. The zero-order chi connectivity index (χ0) is 13.4. The van der Waals surface area contributed by atoms with Gasteiger partial charge in [-0.3, -0.25) is 0 Å². The van der Waals surface area contributed by atoms with E-state index in [0.29, 0.717) is 11.8 Å². The molecule has 1 rings (SSSR count). The van der Waals surface area contributed by atoms with Crippen molar-refractivity contribution in [2.45, 2.75) is 20.3 Å². The molecule has 0 aromatic heterocycles. The molecule has 0 saturated carbocycles. The monoisotopic (exact) mass is 256 g/mol. The predicted octanol–water partition coefficient (Wildman–Crippen LogP) is 0.444. The van der Waals surface area contributed by atoms with Gasteiger partial charge in [-0.25, -0.2) is 0 Å². The molecule has 0 aliphatic carbocycles. The first kappa shape index (κ1) is 15.9. The third-order valence-corrected chi connectivity index (χ3v) is 4.08. The molecule has 1 aliphatic heterocycles. The van der Waals surface area contributed by atoms with Crippen molar-refractivity contribution in [3.05, 3.63) is 0 Å². The van der Waals surface area contributed by atoms with Crippen LogP contribution in [0.25, 0.3) is 0 Å². The molecule has 1 unspecified atom stereocenters. The zero-order valence-corrected chi connectivity index (χ0v) is 12.5. The first-order chi connectivity index (χ1) is 8.63. The van der Waals surface area contributed by atoms with Crippen molar-refractivity contribution in [3.63, 3.8) is 0 Å². The van der Waals surface area contributed by atoms with Gasteiger partial charge in [0.2, 0.25) is 0 Å². The van der Waals surface area contributed by atoms with Crippen LogP contribution in [0.1, 0.15) is 20.3 Å². The van der Waals surface area contributed by atoms with Crippen LogP contribution in [-0.2, 0) is 0 Å². The average Bonchev–Trinajstić information content (AvgIpc) is 2.35. The fraction of sp³-hybridized carbons (Fsp3) is 1.00. The van der Waals surface area contributed by atoms with Gasteiger partial charge in [-0.2, -0.15) is 0 Å². The molecule has 0 aromatic carbocycles. The highest BCUT2D eigenvalue weighted by Gasteiger charge is 2.13. The smallest absolute Gasteiger partial charge is 0.0110 e. The van der Waals surface area contributed by atoms with Gasteiger partial charge in [0.1, 0.15) is 0 Å². The van der Waals surface area contributed by atoms with Crippen LogP contribution in [0.4, 0.5) is 0 Å². The van der Waals surface area contributed by atoms with Gasteiger partial charge in [-0.15, -0.1) is 0 Å². The number of nitrogens with two attached hydrogens (primary N) is 1. The highest BCUT2D eigenvalue weighted by Crippen LogP contribution is 2.07. The van der Waals surface area contributed by atoms with Crippen molar-refractivity contribution in [1.82, 2.24) is 15.1 Å². The van der Waals surface area contributed by atoms with Gasteiger partial charge in [0, 0.05) is 26.2 Å². The van der Waals surface area contributed by atoms with E-state index in [2.05, 4.69) is 36.0 Å². The summed E-state index contributed by atoms with van der Waals surface area (Å²) in [5.74, 6) is 1.30. The molecule has 0 amide bonds. The van der Waals surface area contributed by atoms with Crippen LogP contribution in [-0.4, -0.2) is 69.2 Å². The molecule has 0 bridgehead atoms. The van der Waals surface area contributed by atoms with Crippen LogP contribution in [0.3, 0.4) is 0 Å². The maximum absolute atomic E-state index is 5.77. The van der Waals surface area contributed by atoms with Gasteiger partial charge in [-0.1, -0.05) is 13.8 Å². The van der Waals surface area contributed by atoms with Gasteiger partial charge >= 0.3 is 0 Å². The lowest BCUT2D eigenvalue weighted by molar-refractivity contribution is 0.152. The Kier molecular flexibility index (Phi) is 7.82. The highest BCUT2D eigenvalue weighted by atomic mass is 15.2. The second kappa shape index (κ2) is 8.86. The van der Waals surface area contributed by atoms with Crippen molar-refractivity contribution < 1.29 is 0 Å². The summed E-state index contributed by atoms with van der Waals surface area (Å²) in [5.41, 5.74) is 5.77. The molecule has 3 N–H and O–H groups in total. The van der Waals surface area contributed by atoms with E-state index in [1.54, 1.807) is 0 Å². The number of nitrogens with zero attached hydrogens (tertiary/aromatic N) is 2. The Morgan fingerprint density at radius 3 is 2.39 bits per heavy atom. The SMILES string of the molecule is CC(C)C(CN)CNCCCN1CCN(C)CC1. The average molecular weight is 256 g/mol. The minimum atomic E-state index is 0.619. The topological polar surface area (TPSA) is 44.5 Å². The molecule has 108 valence electrons. The van der Waals surface area contributed by atoms with Crippen LogP contribution >= 0.6 is 0 Å². The fourth-order valence-corrected chi connectivity index (χ4v) is 2.38. The number of rotatable bonds is 8. The van der Waals surface area contributed by atoms with Crippen LogP contribution < -0.4 is 11.1 Å². The lowest BCUT2D eigenvalue weighted by atomic mass is 9.96. The summed E-state index contributed by atoms with van der Waals surface area (Å²) < 4.78 is 0. The summed E-state index contributed by atoms with van der Waals surface area (Å²) in [6.45, 7) is 13.6. The minimum Gasteiger partial charge on any atom is -0.330 e. The van der Waals surface area contributed by atoms with Crippen molar-refractivity contribution >= 4 is 0 Å². The van der Waals surface area contributed by atoms with E-state index in [4.69, 9.17) is 5.73 Å². The van der Waals surface area contributed by atoms with Crippen molar-refractivity contribution in [1.29, 1.82) is 0 Å². The lowest BCUT2D eigenvalue weighted by Gasteiger charge is -2.32. The minimum absolute atomic E-state index is 0.619. The summed E-state index contributed by atoms with van der Waals surface area (Å²) in [4.78, 5) is 4.98. The van der Waals surface area contributed by atoms with Crippen LogP contribution in [0.2, 0.25) is 0 Å². The summed E-state index contributed by atoms with van der Waals surface area (Å²) in [5, 5.41) is 3.55. The Morgan fingerprint density at radius 1 is 1.17 bits per heavy atom. The zero-order valence-electron chi connectivity index (χ0n) is 12.5. The lowest BCUT2D eigenvalue weighted by Crippen LogP contribution is -2.45. The predicted molar refractivity (Wildman–Crippen MR) is 78.8 cm³/mol. The number of likely N-dealkylation sites (N-methyl/N-ethyl adjacent to an activating group) is 1. The third kappa shape index (κ3) is 6.14. The van der Waals surface area contributed by atoms with E-state index in [9.17, 15) is 0 Å². The second-order valence-electron chi connectivity index (χ2n) is 5.94. The molecule has 4 nitrogen and oxygen atoms in total. The molecule has 18 heavy (non-hydrogen) atoms. The molecule has 1 saturated heterocycles. The highest BCUT2D eigenvalue weighted by molar-refractivity contribution is 4.70. The van der Waals surface area contributed by atoms with E-state index in [0.717, 1.165) is 19.6 Å². The standard InChI is InChI=1S/C14H32N4/c1-13(2)14(11-15)12-16-5-4-6-18-9-7-17(3)8-10-18/h13-14,16H,4-12,15H2,1-3H3. The number of hydrogen-bond acceptors (Lipinski definition) is 4. The van der Waals surface area contributed by atoms with E-state index >= 15 is 0 Å². The second-order valence-corrected chi connectivity index (χ2v) is 5.94. The van der Waals surface area contributed by atoms with Gasteiger partial charge in [0.25, 0.3) is 0 Å². The molecule has 1 fully saturated rings. The van der Waals surface area contributed by atoms with Crippen molar-refractivity contribution in [3.8, 4) is 0 Å². The maximum atomic E-state index is 5.77. The maximum Gasteiger partial charge on any atom is 0.0110 e. The summed E-state index contributed by atoms with van der Waals surface area (Å²) in [6, 6.07) is 0. The first-order valence-electron chi connectivity index (χ1n) is 7.45. The molecule has 0 radical (unpaired) electrons. The Bertz CT molecular complexity index is 200. The Balaban J connectivity index is 1.98. The quantitative estimate of drug-likeness (QED) is 0.619. The number of piperazine rings is 1. The van der Waals surface area contributed by atoms with Gasteiger partial charge in [-0.05, 0) is 51.5 Å². The van der Waals surface area contributed by atoms with Gasteiger partial charge < -0.3 is 20.9 Å². The normalized spacial score (nSPS) is 20.5. The van der Waals surface area contributed by atoms with E-state index < -0.39 is 0 Å². The molecular weight excluding hydrogens is 224 g/mol. The molecule has 1 aliphatic rings. The summed E-state index contributed by atoms with van der Waals surface area (Å²) in [7, 11) is 2.21. The van der Waals surface area contributed by atoms with Crippen LogP contribution in [0.15, 0.2) is 0 Å². The molecule has 0 spiro atoms. The van der Waals surface area contributed by atoms with Crippen molar-refractivity contribution in [2.75, 3.05) is 59.4 Å².